The molecule has 1 unspecified atom stereocenters. The lowest BCUT2D eigenvalue weighted by Gasteiger charge is -2.15. The van der Waals surface area contributed by atoms with E-state index in [2.05, 4.69) is 20.9 Å². The maximum atomic E-state index is 12.7. The monoisotopic (exact) mass is 460 g/mol. The standard InChI is InChI=1S/C25H24N4O3S/c30-23(31)16-22(17-5-2-1-3-6-17)33-21-11-9-19(10-12-21)28-24(32)18-7-4-8-20(15-18)29-25-26-13-14-27-25/h1-12,15,22H,13-14,16H2,(H,28,32)(H,30,31)(H2,26,27,29). The summed E-state index contributed by atoms with van der Waals surface area (Å²) >= 11 is 1.49. The lowest BCUT2D eigenvalue weighted by molar-refractivity contribution is -0.137. The highest BCUT2D eigenvalue weighted by Crippen LogP contribution is 2.38. The number of thioether (sulfide) groups is 1. The van der Waals surface area contributed by atoms with Gasteiger partial charge in [-0.1, -0.05) is 36.4 Å². The van der Waals surface area contributed by atoms with Gasteiger partial charge in [0, 0.05) is 33.6 Å². The summed E-state index contributed by atoms with van der Waals surface area (Å²) in [6.07, 6.45) is 0.0273. The SMILES string of the molecule is O=C(O)CC(Sc1ccc(NC(=O)c2cccc(NC3=NCCN3)c2)cc1)c1ccccc1. The van der Waals surface area contributed by atoms with Crippen molar-refractivity contribution in [1.29, 1.82) is 0 Å². The molecule has 0 saturated heterocycles. The molecule has 8 heteroatoms. The van der Waals surface area contributed by atoms with Crippen LogP contribution in [0.15, 0.2) is 88.8 Å². The van der Waals surface area contributed by atoms with Crippen LogP contribution in [0, 0.1) is 0 Å². The van der Waals surface area contributed by atoms with Gasteiger partial charge in [0.1, 0.15) is 0 Å². The van der Waals surface area contributed by atoms with Crippen molar-refractivity contribution < 1.29 is 14.7 Å². The molecule has 1 atom stereocenters. The Balaban J connectivity index is 1.40. The van der Waals surface area contributed by atoms with Crippen LogP contribution in [-0.4, -0.2) is 36.0 Å². The molecule has 3 aromatic rings. The van der Waals surface area contributed by atoms with Crippen LogP contribution in [0.25, 0.3) is 0 Å². The third-order valence-electron chi connectivity index (χ3n) is 4.98. The van der Waals surface area contributed by atoms with Crippen molar-refractivity contribution in [2.75, 3.05) is 23.7 Å². The minimum atomic E-state index is -0.840. The smallest absolute Gasteiger partial charge is 0.304 e. The van der Waals surface area contributed by atoms with Crippen LogP contribution in [-0.2, 0) is 4.79 Å². The van der Waals surface area contributed by atoms with Crippen LogP contribution in [0.4, 0.5) is 11.4 Å². The molecule has 168 valence electrons. The molecule has 1 aliphatic heterocycles. The Labute approximate surface area is 196 Å². The van der Waals surface area contributed by atoms with E-state index in [4.69, 9.17) is 0 Å². The topological polar surface area (TPSA) is 103 Å². The lowest BCUT2D eigenvalue weighted by atomic mass is 10.1. The molecule has 4 rings (SSSR count). The quantitative estimate of drug-likeness (QED) is 0.366. The molecule has 3 aromatic carbocycles. The number of amides is 1. The molecule has 0 aliphatic carbocycles. The van der Waals surface area contributed by atoms with Gasteiger partial charge in [-0.25, -0.2) is 0 Å². The van der Waals surface area contributed by atoms with Crippen LogP contribution in [0.2, 0.25) is 0 Å². The molecular formula is C25H24N4O3S. The van der Waals surface area contributed by atoms with Crippen molar-refractivity contribution in [1.82, 2.24) is 5.32 Å². The lowest BCUT2D eigenvalue weighted by Crippen LogP contribution is -2.26. The van der Waals surface area contributed by atoms with E-state index in [1.807, 2.05) is 66.7 Å². The number of hydrogen-bond acceptors (Lipinski definition) is 6. The van der Waals surface area contributed by atoms with Crippen LogP contribution < -0.4 is 16.0 Å². The van der Waals surface area contributed by atoms with Gasteiger partial charge in [-0.15, -0.1) is 11.8 Å². The molecular weight excluding hydrogens is 436 g/mol. The maximum absolute atomic E-state index is 12.7. The molecule has 33 heavy (non-hydrogen) atoms. The summed E-state index contributed by atoms with van der Waals surface area (Å²) in [5.74, 6) is -0.349. The Hall–Kier alpha value is -3.78. The van der Waals surface area contributed by atoms with Crippen molar-refractivity contribution in [2.24, 2.45) is 4.99 Å². The zero-order chi connectivity index (χ0) is 23.0. The van der Waals surface area contributed by atoms with E-state index >= 15 is 0 Å². The Kier molecular flexibility index (Phi) is 7.26. The first-order valence-corrected chi connectivity index (χ1v) is 11.4. The summed E-state index contributed by atoms with van der Waals surface area (Å²) in [6.45, 7) is 1.54. The third kappa shape index (κ3) is 6.36. The second kappa shape index (κ2) is 10.7. The fourth-order valence-corrected chi connectivity index (χ4v) is 4.54. The summed E-state index contributed by atoms with van der Waals surface area (Å²) in [4.78, 5) is 29.3. The summed E-state index contributed by atoms with van der Waals surface area (Å²) in [5, 5.41) is 18.3. The van der Waals surface area contributed by atoms with Crippen LogP contribution in [0.1, 0.15) is 27.6 Å². The fourth-order valence-electron chi connectivity index (χ4n) is 3.39. The molecule has 1 aliphatic rings. The molecule has 0 saturated carbocycles. The Morgan fingerprint density at radius 1 is 1.00 bits per heavy atom. The molecule has 0 fully saturated rings. The third-order valence-corrected chi connectivity index (χ3v) is 6.25. The average molecular weight is 461 g/mol. The number of benzene rings is 3. The zero-order valence-electron chi connectivity index (χ0n) is 17.8. The number of nitrogens with one attached hydrogen (secondary N) is 3. The van der Waals surface area contributed by atoms with E-state index in [9.17, 15) is 14.7 Å². The van der Waals surface area contributed by atoms with E-state index in [-0.39, 0.29) is 17.6 Å². The Morgan fingerprint density at radius 2 is 1.79 bits per heavy atom. The van der Waals surface area contributed by atoms with Gasteiger partial charge in [0.25, 0.3) is 5.91 Å². The highest BCUT2D eigenvalue weighted by molar-refractivity contribution is 7.99. The van der Waals surface area contributed by atoms with E-state index in [1.165, 1.54) is 11.8 Å². The van der Waals surface area contributed by atoms with Crippen molar-refractivity contribution in [3.05, 3.63) is 90.0 Å². The highest BCUT2D eigenvalue weighted by atomic mass is 32.2. The maximum Gasteiger partial charge on any atom is 0.304 e. The number of aliphatic imine (C=N–C) groups is 1. The predicted octanol–water partition coefficient (Wildman–Crippen LogP) is 4.62. The number of rotatable bonds is 8. The summed E-state index contributed by atoms with van der Waals surface area (Å²) < 4.78 is 0. The predicted molar refractivity (Wildman–Crippen MR) is 132 cm³/mol. The van der Waals surface area contributed by atoms with E-state index in [0.717, 1.165) is 29.2 Å². The van der Waals surface area contributed by atoms with Gasteiger partial charge in [0.05, 0.1) is 13.0 Å². The van der Waals surface area contributed by atoms with Crippen LogP contribution in [0.3, 0.4) is 0 Å². The van der Waals surface area contributed by atoms with Crippen molar-refractivity contribution in [3.63, 3.8) is 0 Å². The van der Waals surface area contributed by atoms with E-state index in [0.29, 0.717) is 17.2 Å². The molecule has 0 spiro atoms. The number of nitrogens with zero attached hydrogens (tertiary/aromatic N) is 1. The van der Waals surface area contributed by atoms with Gasteiger partial charge >= 0.3 is 5.97 Å². The summed E-state index contributed by atoms with van der Waals surface area (Å²) in [7, 11) is 0. The van der Waals surface area contributed by atoms with Crippen molar-refractivity contribution >= 4 is 41.0 Å². The number of carboxylic acid groups (broad SMARTS) is 1. The second-order valence-corrected chi connectivity index (χ2v) is 8.73. The molecule has 7 nitrogen and oxygen atoms in total. The van der Waals surface area contributed by atoms with Gasteiger partial charge in [0.2, 0.25) is 0 Å². The van der Waals surface area contributed by atoms with Gasteiger partial charge in [-0.3, -0.25) is 14.6 Å². The van der Waals surface area contributed by atoms with Gasteiger partial charge in [0.15, 0.2) is 5.96 Å². The molecule has 4 N–H and O–H groups in total. The summed E-state index contributed by atoms with van der Waals surface area (Å²) in [5.41, 5.74) is 2.95. The minimum absolute atomic E-state index is 0.0273. The molecule has 0 radical (unpaired) electrons. The van der Waals surface area contributed by atoms with E-state index < -0.39 is 5.97 Å². The normalized spacial score (nSPS) is 13.5. The van der Waals surface area contributed by atoms with Crippen LogP contribution >= 0.6 is 11.8 Å². The number of anilines is 2. The number of carbonyl (C=O) groups is 2. The molecule has 0 aromatic heterocycles. The second-order valence-electron chi connectivity index (χ2n) is 7.46. The average Bonchev–Trinajstić information content (AvgIpc) is 3.33. The number of carboxylic acids is 1. The minimum Gasteiger partial charge on any atom is -0.481 e. The Morgan fingerprint density at radius 3 is 2.48 bits per heavy atom. The van der Waals surface area contributed by atoms with Gasteiger partial charge in [-0.2, -0.15) is 0 Å². The first-order chi connectivity index (χ1) is 16.1. The van der Waals surface area contributed by atoms with E-state index in [1.54, 1.807) is 12.1 Å². The largest absolute Gasteiger partial charge is 0.481 e. The van der Waals surface area contributed by atoms with Gasteiger partial charge < -0.3 is 21.1 Å². The number of aliphatic carboxylic acids is 1. The van der Waals surface area contributed by atoms with Gasteiger partial charge in [-0.05, 0) is 48.0 Å². The van der Waals surface area contributed by atoms with Crippen molar-refractivity contribution in [2.45, 2.75) is 16.6 Å². The number of hydrogen-bond donors (Lipinski definition) is 4. The fraction of sp³-hybridized carbons (Fsp3) is 0.160. The number of carbonyl (C=O) groups excluding carboxylic acids is 1. The van der Waals surface area contributed by atoms with Crippen molar-refractivity contribution in [3.8, 4) is 0 Å². The molecule has 1 heterocycles. The number of guanidine groups is 1. The van der Waals surface area contributed by atoms with Crippen LogP contribution in [0.5, 0.6) is 0 Å². The molecule has 0 bridgehead atoms. The zero-order valence-corrected chi connectivity index (χ0v) is 18.6. The molecule has 1 amide bonds. The first-order valence-electron chi connectivity index (χ1n) is 10.6. The highest BCUT2D eigenvalue weighted by Gasteiger charge is 2.17. The first kappa shape index (κ1) is 22.4. The Bertz CT molecular complexity index is 1150. The summed E-state index contributed by atoms with van der Waals surface area (Å²) in [6, 6.07) is 24.3.